The molecule has 116 valence electrons. The molecule has 0 heterocycles. The van der Waals surface area contributed by atoms with E-state index in [0.29, 0.717) is 19.5 Å². The molecule has 1 N–H and O–H groups in total. The van der Waals surface area contributed by atoms with E-state index in [4.69, 9.17) is 4.74 Å². The van der Waals surface area contributed by atoms with Crippen LogP contribution in [0.3, 0.4) is 0 Å². The van der Waals surface area contributed by atoms with Gasteiger partial charge in [0.2, 0.25) is 0 Å². The second-order valence-corrected chi connectivity index (χ2v) is 5.76. The molecule has 1 amide bonds. The molecule has 0 aliphatic rings. The van der Waals surface area contributed by atoms with Gasteiger partial charge in [-0.3, -0.25) is 0 Å². The van der Waals surface area contributed by atoms with Gasteiger partial charge in [-0.1, -0.05) is 30.3 Å². The number of hydrogen-bond donors (Lipinski definition) is 1. The average Bonchev–Trinajstić information content (AvgIpc) is 2.43. The van der Waals surface area contributed by atoms with E-state index in [9.17, 15) is 9.59 Å². The molecule has 0 saturated heterocycles. The summed E-state index contributed by atoms with van der Waals surface area (Å²) in [4.78, 5) is 24.2. The Kier molecular flexibility index (Phi) is 6.88. The molecule has 0 aromatic heterocycles. The standard InChI is InChI=1S/C16H24N2O3/c1-16(2,13-18(3)10-7-11-19)17-15(20)21-12-14-8-5-4-6-9-14/h4-6,8-9,11H,7,10,12-13H2,1-3H3,(H,17,20). The minimum Gasteiger partial charge on any atom is -0.445 e. The second kappa shape index (κ2) is 8.42. The fraction of sp³-hybridized carbons (Fsp3) is 0.500. The summed E-state index contributed by atoms with van der Waals surface area (Å²) in [5.41, 5.74) is 0.527. The quantitative estimate of drug-likeness (QED) is 0.746. The zero-order valence-corrected chi connectivity index (χ0v) is 13.0. The largest absolute Gasteiger partial charge is 0.445 e. The fourth-order valence-corrected chi connectivity index (χ4v) is 2.10. The van der Waals surface area contributed by atoms with Gasteiger partial charge in [0.1, 0.15) is 12.9 Å². The van der Waals surface area contributed by atoms with E-state index < -0.39 is 11.6 Å². The van der Waals surface area contributed by atoms with Crippen LogP contribution in [0.2, 0.25) is 0 Å². The molecule has 21 heavy (non-hydrogen) atoms. The summed E-state index contributed by atoms with van der Waals surface area (Å²) in [6.07, 6.45) is 0.948. The predicted octanol–water partition coefficient (Wildman–Crippen LogP) is 2.21. The van der Waals surface area contributed by atoms with E-state index in [-0.39, 0.29) is 6.61 Å². The van der Waals surface area contributed by atoms with Crippen LogP contribution in [0.4, 0.5) is 4.79 Å². The Morgan fingerprint density at radius 1 is 1.33 bits per heavy atom. The van der Waals surface area contributed by atoms with Gasteiger partial charge in [0.15, 0.2) is 0 Å². The van der Waals surface area contributed by atoms with Crippen LogP contribution < -0.4 is 5.32 Å². The van der Waals surface area contributed by atoms with E-state index in [1.807, 2.05) is 56.1 Å². The van der Waals surface area contributed by atoms with E-state index >= 15 is 0 Å². The summed E-state index contributed by atoms with van der Waals surface area (Å²) in [6.45, 7) is 5.42. The van der Waals surface area contributed by atoms with Gasteiger partial charge in [-0.15, -0.1) is 0 Å². The molecular weight excluding hydrogens is 268 g/mol. The molecule has 0 atom stereocenters. The van der Waals surface area contributed by atoms with Gasteiger partial charge in [-0.25, -0.2) is 4.79 Å². The molecule has 0 saturated carbocycles. The zero-order chi connectivity index (χ0) is 15.7. The van der Waals surface area contributed by atoms with Crippen LogP contribution >= 0.6 is 0 Å². The Bertz CT molecular complexity index is 446. The number of nitrogens with one attached hydrogen (secondary N) is 1. The number of carbonyl (C=O) groups is 2. The van der Waals surface area contributed by atoms with Gasteiger partial charge in [0, 0.05) is 19.5 Å². The summed E-state index contributed by atoms with van der Waals surface area (Å²) < 4.78 is 5.20. The number of hydrogen-bond acceptors (Lipinski definition) is 4. The van der Waals surface area contributed by atoms with Crippen LogP contribution in [-0.4, -0.2) is 43.0 Å². The number of aldehydes is 1. The van der Waals surface area contributed by atoms with Crippen molar-refractivity contribution in [3.05, 3.63) is 35.9 Å². The number of carbonyl (C=O) groups excluding carboxylic acids is 2. The van der Waals surface area contributed by atoms with Crippen molar-refractivity contribution < 1.29 is 14.3 Å². The number of alkyl carbamates (subject to hydrolysis) is 1. The van der Waals surface area contributed by atoms with Gasteiger partial charge < -0.3 is 19.7 Å². The molecule has 0 aliphatic heterocycles. The SMILES string of the molecule is CN(CCC=O)CC(C)(C)NC(=O)OCc1ccccc1. The maximum absolute atomic E-state index is 11.8. The number of ether oxygens (including phenoxy) is 1. The summed E-state index contributed by atoms with van der Waals surface area (Å²) >= 11 is 0. The molecule has 1 aromatic carbocycles. The van der Waals surface area contributed by atoms with Gasteiger partial charge in [-0.2, -0.15) is 0 Å². The van der Waals surface area contributed by atoms with Crippen molar-refractivity contribution in [2.45, 2.75) is 32.4 Å². The first-order chi connectivity index (χ1) is 9.93. The Hall–Kier alpha value is -1.88. The highest BCUT2D eigenvalue weighted by molar-refractivity contribution is 5.68. The van der Waals surface area contributed by atoms with Gasteiger partial charge >= 0.3 is 6.09 Å². The molecule has 0 aliphatic carbocycles. The molecule has 1 rings (SSSR count). The highest BCUT2D eigenvalue weighted by Crippen LogP contribution is 2.07. The normalized spacial score (nSPS) is 11.2. The average molecular weight is 292 g/mol. The monoisotopic (exact) mass is 292 g/mol. The summed E-state index contributed by atoms with van der Waals surface area (Å²) in [6, 6.07) is 9.55. The number of rotatable bonds is 8. The molecule has 0 spiro atoms. The third kappa shape index (κ3) is 7.46. The number of nitrogens with zero attached hydrogens (tertiary/aromatic N) is 1. The number of benzene rings is 1. The predicted molar refractivity (Wildman–Crippen MR) is 82.0 cm³/mol. The lowest BCUT2D eigenvalue weighted by atomic mass is 10.1. The fourth-order valence-electron chi connectivity index (χ4n) is 2.10. The highest BCUT2D eigenvalue weighted by atomic mass is 16.5. The van der Waals surface area contributed by atoms with E-state index in [1.54, 1.807) is 0 Å². The maximum atomic E-state index is 11.8. The second-order valence-electron chi connectivity index (χ2n) is 5.76. The van der Waals surface area contributed by atoms with Crippen molar-refractivity contribution >= 4 is 12.4 Å². The highest BCUT2D eigenvalue weighted by Gasteiger charge is 2.23. The topological polar surface area (TPSA) is 58.6 Å². The van der Waals surface area contributed by atoms with Crippen LogP contribution in [0.25, 0.3) is 0 Å². The molecule has 0 fully saturated rings. The summed E-state index contributed by atoms with van der Waals surface area (Å²) in [5.74, 6) is 0. The first kappa shape index (κ1) is 17.2. The Balaban J connectivity index is 2.36. The number of likely N-dealkylation sites (N-methyl/N-ethyl adjacent to an activating group) is 1. The Morgan fingerprint density at radius 3 is 2.62 bits per heavy atom. The molecule has 0 bridgehead atoms. The van der Waals surface area contributed by atoms with Crippen molar-refractivity contribution in [1.29, 1.82) is 0 Å². The lowest BCUT2D eigenvalue weighted by Gasteiger charge is -2.30. The van der Waals surface area contributed by atoms with Crippen LogP contribution in [0.5, 0.6) is 0 Å². The maximum Gasteiger partial charge on any atom is 0.407 e. The number of amides is 1. The minimum atomic E-state index is -0.437. The minimum absolute atomic E-state index is 0.254. The van der Waals surface area contributed by atoms with E-state index in [0.717, 1.165) is 11.8 Å². The third-order valence-electron chi connectivity index (χ3n) is 2.95. The van der Waals surface area contributed by atoms with Crippen LogP contribution in [0.1, 0.15) is 25.8 Å². The molecule has 5 heteroatoms. The van der Waals surface area contributed by atoms with Crippen LogP contribution in [-0.2, 0) is 16.1 Å². The first-order valence-corrected chi connectivity index (χ1v) is 7.04. The van der Waals surface area contributed by atoms with Crippen LogP contribution in [0.15, 0.2) is 30.3 Å². The van der Waals surface area contributed by atoms with Gasteiger partial charge in [0.25, 0.3) is 0 Å². The molecule has 0 radical (unpaired) electrons. The molecule has 0 unspecified atom stereocenters. The van der Waals surface area contributed by atoms with E-state index in [1.165, 1.54) is 0 Å². The van der Waals surface area contributed by atoms with Crippen molar-refractivity contribution in [2.24, 2.45) is 0 Å². The zero-order valence-electron chi connectivity index (χ0n) is 13.0. The summed E-state index contributed by atoms with van der Waals surface area (Å²) in [5, 5.41) is 2.84. The van der Waals surface area contributed by atoms with Crippen molar-refractivity contribution in [2.75, 3.05) is 20.1 Å². The van der Waals surface area contributed by atoms with Crippen LogP contribution in [0, 0.1) is 0 Å². The lowest BCUT2D eigenvalue weighted by molar-refractivity contribution is -0.108. The van der Waals surface area contributed by atoms with Crippen molar-refractivity contribution in [3.63, 3.8) is 0 Å². The first-order valence-electron chi connectivity index (χ1n) is 7.04. The lowest BCUT2D eigenvalue weighted by Crippen LogP contribution is -2.51. The molecule has 5 nitrogen and oxygen atoms in total. The van der Waals surface area contributed by atoms with Crippen molar-refractivity contribution in [3.8, 4) is 0 Å². The van der Waals surface area contributed by atoms with E-state index in [2.05, 4.69) is 5.32 Å². The van der Waals surface area contributed by atoms with Gasteiger partial charge in [-0.05, 0) is 26.5 Å². The third-order valence-corrected chi connectivity index (χ3v) is 2.95. The van der Waals surface area contributed by atoms with Gasteiger partial charge in [0.05, 0.1) is 5.54 Å². The summed E-state index contributed by atoms with van der Waals surface area (Å²) in [7, 11) is 1.92. The molecular formula is C16H24N2O3. The molecule has 1 aromatic rings. The Morgan fingerprint density at radius 2 is 2.00 bits per heavy atom. The Labute approximate surface area is 126 Å². The smallest absolute Gasteiger partial charge is 0.407 e. The van der Waals surface area contributed by atoms with Crippen molar-refractivity contribution in [1.82, 2.24) is 10.2 Å².